The number of carbonyl (C=O) groups is 2. The maximum atomic E-state index is 14.0. The van der Waals surface area contributed by atoms with Crippen molar-refractivity contribution in [3.8, 4) is 0 Å². The number of ether oxygens (including phenoxy) is 1. The fourth-order valence-electron chi connectivity index (χ4n) is 3.94. The number of piperidine rings is 1. The second kappa shape index (κ2) is 6.61. The molecule has 0 aromatic carbocycles. The number of aromatic nitrogens is 1. The van der Waals surface area contributed by atoms with Gasteiger partial charge in [-0.05, 0) is 43.7 Å². The summed E-state index contributed by atoms with van der Waals surface area (Å²) in [7, 11) is 1.75. The minimum atomic E-state index is -1.64. The zero-order valence-electron chi connectivity index (χ0n) is 14.9. The number of amides is 2. The predicted octanol–water partition coefficient (Wildman–Crippen LogP) is 1.55. The van der Waals surface area contributed by atoms with Crippen LogP contribution in [-0.2, 0) is 20.9 Å². The molecule has 3 fully saturated rings. The molecule has 1 aromatic rings. The Balaban J connectivity index is 1.34. The van der Waals surface area contributed by atoms with E-state index in [2.05, 4.69) is 4.98 Å². The van der Waals surface area contributed by atoms with Crippen LogP contribution in [0.3, 0.4) is 0 Å². The number of likely N-dealkylation sites (N-methyl/N-ethyl adjacent to an activating group) is 1. The first-order valence-corrected chi connectivity index (χ1v) is 9.25. The maximum Gasteiger partial charge on any atom is 0.260 e. The van der Waals surface area contributed by atoms with E-state index >= 15 is 0 Å². The Hall–Kier alpha value is -2.02. The molecule has 140 valence electrons. The van der Waals surface area contributed by atoms with E-state index in [0.717, 1.165) is 12.1 Å². The standard InChI is InChI=1S/C19H24FN3O3/c1-22(11-14-4-2-3-8-21-14)17(24)15-10-13-5-9-23(12-16(13)26-15)18(25)19(20)6-7-19/h2-4,8,13,15-16H,5-7,9-12H2,1H3/t13-,15?,16-/m0/s1. The lowest BCUT2D eigenvalue weighted by Gasteiger charge is -2.34. The normalized spacial score (nSPS) is 29.2. The molecule has 3 atom stereocenters. The van der Waals surface area contributed by atoms with E-state index in [1.54, 1.807) is 23.0 Å². The summed E-state index contributed by atoms with van der Waals surface area (Å²) in [5.74, 6) is -0.209. The smallest absolute Gasteiger partial charge is 0.260 e. The van der Waals surface area contributed by atoms with Gasteiger partial charge < -0.3 is 14.5 Å². The number of rotatable bonds is 4. The van der Waals surface area contributed by atoms with Crippen LogP contribution in [0.5, 0.6) is 0 Å². The summed E-state index contributed by atoms with van der Waals surface area (Å²) in [5, 5.41) is 0. The van der Waals surface area contributed by atoms with Crippen molar-refractivity contribution in [1.82, 2.24) is 14.8 Å². The van der Waals surface area contributed by atoms with E-state index in [1.165, 1.54) is 0 Å². The van der Waals surface area contributed by atoms with Crippen molar-refractivity contribution < 1.29 is 18.7 Å². The summed E-state index contributed by atoms with van der Waals surface area (Å²) < 4.78 is 20.0. The monoisotopic (exact) mass is 361 g/mol. The van der Waals surface area contributed by atoms with Gasteiger partial charge in [-0.2, -0.15) is 0 Å². The first-order valence-electron chi connectivity index (χ1n) is 9.25. The maximum absolute atomic E-state index is 14.0. The second-order valence-electron chi connectivity index (χ2n) is 7.68. The number of fused-ring (bicyclic) bond motifs is 1. The zero-order chi connectivity index (χ0) is 18.3. The largest absolute Gasteiger partial charge is 0.363 e. The molecular formula is C19H24FN3O3. The third kappa shape index (κ3) is 3.32. The van der Waals surface area contributed by atoms with E-state index in [0.29, 0.717) is 38.9 Å². The van der Waals surface area contributed by atoms with Crippen molar-refractivity contribution in [2.75, 3.05) is 20.1 Å². The highest BCUT2D eigenvalue weighted by molar-refractivity contribution is 5.88. The Morgan fingerprint density at radius 3 is 2.92 bits per heavy atom. The van der Waals surface area contributed by atoms with Crippen LogP contribution < -0.4 is 0 Å². The Labute approximate surface area is 152 Å². The first-order chi connectivity index (χ1) is 12.5. The van der Waals surface area contributed by atoms with E-state index in [9.17, 15) is 14.0 Å². The van der Waals surface area contributed by atoms with Gasteiger partial charge in [0.05, 0.1) is 18.3 Å². The fourth-order valence-corrected chi connectivity index (χ4v) is 3.94. The molecule has 3 heterocycles. The highest BCUT2D eigenvalue weighted by Gasteiger charge is 2.54. The third-order valence-corrected chi connectivity index (χ3v) is 5.69. The van der Waals surface area contributed by atoms with Crippen LogP contribution in [0.25, 0.3) is 0 Å². The summed E-state index contributed by atoms with van der Waals surface area (Å²) >= 11 is 0. The minimum Gasteiger partial charge on any atom is -0.363 e. The van der Waals surface area contributed by atoms with Crippen LogP contribution in [0.1, 0.15) is 31.4 Å². The van der Waals surface area contributed by atoms with Gasteiger partial charge in [-0.25, -0.2) is 4.39 Å². The molecule has 4 rings (SSSR count). The van der Waals surface area contributed by atoms with E-state index in [4.69, 9.17) is 4.74 Å². The Morgan fingerprint density at radius 1 is 1.42 bits per heavy atom. The van der Waals surface area contributed by atoms with Crippen LogP contribution in [0.2, 0.25) is 0 Å². The number of hydrogen-bond acceptors (Lipinski definition) is 4. The molecule has 2 aliphatic heterocycles. The van der Waals surface area contributed by atoms with Crippen molar-refractivity contribution in [2.24, 2.45) is 5.92 Å². The highest BCUT2D eigenvalue weighted by Crippen LogP contribution is 2.43. The highest BCUT2D eigenvalue weighted by atomic mass is 19.1. The van der Waals surface area contributed by atoms with Gasteiger partial charge in [-0.15, -0.1) is 0 Å². The Bertz CT molecular complexity index is 695. The van der Waals surface area contributed by atoms with E-state index in [1.807, 2.05) is 18.2 Å². The summed E-state index contributed by atoms with van der Waals surface area (Å²) in [6, 6.07) is 5.62. The van der Waals surface area contributed by atoms with Crippen LogP contribution in [0.15, 0.2) is 24.4 Å². The van der Waals surface area contributed by atoms with Crippen LogP contribution in [-0.4, -0.2) is 64.6 Å². The average Bonchev–Trinajstić information content (AvgIpc) is 3.26. The van der Waals surface area contributed by atoms with Gasteiger partial charge >= 0.3 is 0 Å². The van der Waals surface area contributed by atoms with Gasteiger partial charge in [0.25, 0.3) is 11.8 Å². The molecule has 26 heavy (non-hydrogen) atoms. The number of alkyl halides is 1. The van der Waals surface area contributed by atoms with Gasteiger partial charge in [0, 0.05) is 26.3 Å². The minimum absolute atomic E-state index is 0.0629. The molecule has 1 saturated carbocycles. The quantitative estimate of drug-likeness (QED) is 0.816. The van der Waals surface area contributed by atoms with Crippen molar-refractivity contribution in [1.29, 1.82) is 0 Å². The van der Waals surface area contributed by atoms with Gasteiger partial charge in [0.1, 0.15) is 6.10 Å². The molecular weight excluding hydrogens is 337 g/mol. The summed E-state index contributed by atoms with van der Waals surface area (Å²) in [6.07, 6.45) is 3.13. The number of likely N-dealkylation sites (tertiary alicyclic amines) is 1. The van der Waals surface area contributed by atoms with Gasteiger partial charge in [-0.3, -0.25) is 14.6 Å². The van der Waals surface area contributed by atoms with Crippen molar-refractivity contribution >= 4 is 11.8 Å². The lowest BCUT2D eigenvalue weighted by Crippen LogP contribution is -2.48. The molecule has 0 spiro atoms. The Kier molecular flexibility index (Phi) is 4.42. The lowest BCUT2D eigenvalue weighted by atomic mass is 9.91. The second-order valence-corrected chi connectivity index (χ2v) is 7.68. The number of pyridine rings is 1. The van der Waals surface area contributed by atoms with Crippen LogP contribution in [0, 0.1) is 5.92 Å². The molecule has 0 N–H and O–H groups in total. The summed E-state index contributed by atoms with van der Waals surface area (Å²) in [5.41, 5.74) is -0.808. The van der Waals surface area contributed by atoms with Crippen molar-refractivity contribution in [3.63, 3.8) is 0 Å². The number of halogens is 1. The predicted molar refractivity (Wildman–Crippen MR) is 91.7 cm³/mol. The molecule has 1 aromatic heterocycles. The molecule has 1 aliphatic carbocycles. The first kappa shape index (κ1) is 17.4. The molecule has 7 heteroatoms. The van der Waals surface area contributed by atoms with E-state index < -0.39 is 17.7 Å². The Morgan fingerprint density at radius 2 is 2.23 bits per heavy atom. The van der Waals surface area contributed by atoms with Crippen LogP contribution >= 0.6 is 0 Å². The van der Waals surface area contributed by atoms with Gasteiger partial charge in [0.15, 0.2) is 5.67 Å². The molecule has 2 saturated heterocycles. The lowest BCUT2D eigenvalue weighted by molar-refractivity contribution is -0.146. The average molecular weight is 361 g/mol. The van der Waals surface area contributed by atoms with Crippen LogP contribution in [0.4, 0.5) is 4.39 Å². The van der Waals surface area contributed by atoms with Gasteiger partial charge in [0.2, 0.25) is 0 Å². The molecule has 0 radical (unpaired) electrons. The molecule has 6 nitrogen and oxygen atoms in total. The number of carbonyl (C=O) groups excluding carboxylic acids is 2. The SMILES string of the molecule is CN(Cc1ccccn1)C(=O)C1C[C@@H]2CCN(C(=O)C3(F)CC3)C[C@@H]2O1. The van der Waals surface area contributed by atoms with Crippen molar-refractivity contribution in [2.45, 2.75) is 50.1 Å². The summed E-state index contributed by atoms with van der Waals surface area (Å²) in [6.45, 7) is 1.38. The number of nitrogens with zero attached hydrogens (tertiary/aromatic N) is 3. The molecule has 1 unspecified atom stereocenters. The number of hydrogen-bond donors (Lipinski definition) is 0. The molecule has 3 aliphatic rings. The zero-order valence-corrected chi connectivity index (χ0v) is 14.9. The fraction of sp³-hybridized carbons (Fsp3) is 0.632. The van der Waals surface area contributed by atoms with Gasteiger partial charge in [-0.1, -0.05) is 6.07 Å². The molecule has 2 amide bonds. The topological polar surface area (TPSA) is 62.7 Å². The van der Waals surface area contributed by atoms with E-state index in [-0.39, 0.29) is 17.9 Å². The third-order valence-electron chi connectivity index (χ3n) is 5.69. The van der Waals surface area contributed by atoms with Crippen molar-refractivity contribution in [3.05, 3.63) is 30.1 Å². The summed E-state index contributed by atoms with van der Waals surface area (Å²) in [4.78, 5) is 32.4. The molecule has 0 bridgehead atoms.